The van der Waals surface area contributed by atoms with Crippen LogP contribution in [-0.2, 0) is 9.59 Å². The molecule has 2 amide bonds. The van der Waals surface area contributed by atoms with Crippen LogP contribution in [0.5, 0.6) is 0 Å². The minimum atomic E-state index is -0.303. The summed E-state index contributed by atoms with van der Waals surface area (Å²) in [6.45, 7) is 7.30. The molecule has 0 saturated carbocycles. The molecule has 0 bridgehead atoms. The molecule has 1 N–H and O–H groups in total. The molecule has 0 heterocycles. The van der Waals surface area contributed by atoms with Gasteiger partial charge in [0.2, 0.25) is 11.8 Å². The van der Waals surface area contributed by atoms with Gasteiger partial charge in [0.05, 0.1) is 0 Å². The second-order valence-electron chi connectivity index (χ2n) is 5.06. The maximum absolute atomic E-state index is 12.1. The Labute approximate surface area is 131 Å². The van der Waals surface area contributed by atoms with Gasteiger partial charge < -0.3 is 10.2 Å². The van der Waals surface area contributed by atoms with Crippen LogP contribution in [0.15, 0.2) is 18.2 Å². The van der Waals surface area contributed by atoms with Gasteiger partial charge in [-0.3, -0.25) is 9.59 Å². The van der Waals surface area contributed by atoms with Crippen molar-refractivity contribution >= 4 is 29.1 Å². The first kappa shape index (κ1) is 17.5. The molecular weight excluding hydrogens is 288 g/mol. The number of anilines is 1. The van der Waals surface area contributed by atoms with E-state index in [-0.39, 0.29) is 18.2 Å². The van der Waals surface area contributed by atoms with Crippen molar-refractivity contribution in [2.45, 2.75) is 40.0 Å². The van der Waals surface area contributed by atoms with Gasteiger partial charge in [-0.2, -0.15) is 0 Å². The molecule has 0 radical (unpaired) electrons. The van der Waals surface area contributed by atoms with E-state index in [0.29, 0.717) is 23.8 Å². The Morgan fingerprint density at radius 1 is 1.19 bits per heavy atom. The number of hydrogen-bond donors (Lipinski definition) is 1. The zero-order chi connectivity index (χ0) is 15.8. The minimum absolute atomic E-state index is 0.129. The smallest absolute Gasteiger partial charge is 0.233 e. The van der Waals surface area contributed by atoms with Gasteiger partial charge in [-0.05, 0) is 37.5 Å². The number of nitrogens with one attached hydrogen (secondary N) is 1. The van der Waals surface area contributed by atoms with Crippen molar-refractivity contribution in [3.63, 3.8) is 0 Å². The molecule has 0 aliphatic rings. The van der Waals surface area contributed by atoms with E-state index in [4.69, 9.17) is 11.6 Å². The fourth-order valence-electron chi connectivity index (χ4n) is 2.07. The van der Waals surface area contributed by atoms with Gasteiger partial charge >= 0.3 is 0 Å². The lowest BCUT2D eigenvalue weighted by Crippen LogP contribution is -2.35. The highest BCUT2D eigenvalue weighted by atomic mass is 35.5. The first-order valence-electron chi connectivity index (χ1n) is 7.31. The maximum Gasteiger partial charge on any atom is 0.233 e. The zero-order valence-electron chi connectivity index (χ0n) is 12.9. The van der Waals surface area contributed by atoms with E-state index in [1.54, 1.807) is 17.0 Å². The average Bonchev–Trinajstić information content (AvgIpc) is 2.42. The van der Waals surface area contributed by atoms with Gasteiger partial charge in [0, 0.05) is 23.8 Å². The van der Waals surface area contributed by atoms with E-state index in [1.165, 1.54) is 0 Å². The van der Waals surface area contributed by atoms with Crippen molar-refractivity contribution in [2.75, 3.05) is 18.4 Å². The van der Waals surface area contributed by atoms with Crippen LogP contribution in [0, 0.1) is 6.92 Å². The summed E-state index contributed by atoms with van der Waals surface area (Å²) in [4.78, 5) is 25.9. The average molecular weight is 311 g/mol. The Morgan fingerprint density at radius 3 is 2.38 bits per heavy atom. The Morgan fingerprint density at radius 2 is 1.81 bits per heavy atom. The van der Waals surface area contributed by atoms with Crippen molar-refractivity contribution in [3.8, 4) is 0 Å². The van der Waals surface area contributed by atoms with Crippen LogP contribution < -0.4 is 5.32 Å². The molecule has 0 saturated heterocycles. The molecule has 0 aliphatic carbocycles. The third-order valence-electron chi connectivity index (χ3n) is 3.13. The number of aryl methyl sites for hydroxylation is 1. The van der Waals surface area contributed by atoms with Crippen LogP contribution in [0.4, 0.5) is 5.69 Å². The van der Waals surface area contributed by atoms with Crippen molar-refractivity contribution in [2.24, 2.45) is 0 Å². The van der Waals surface area contributed by atoms with Crippen LogP contribution in [0.3, 0.4) is 0 Å². The molecule has 0 atom stereocenters. The van der Waals surface area contributed by atoms with Crippen molar-refractivity contribution < 1.29 is 9.59 Å². The highest BCUT2D eigenvalue weighted by Crippen LogP contribution is 2.20. The summed E-state index contributed by atoms with van der Waals surface area (Å²) in [6, 6.07) is 5.29. The zero-order valence-corrected chi connectivity index (χ0v) is 13.7. The molecule has 0 spiro atoms. The molecule has 0 unspecified atom stereocenters. The number of carbonyl (C=O) groups excluding carboxylic acids is 2. The summed E-state index contributed by atoms with van der Waals surface area (Å²) in [5.74, 6) is -0.432. The minimum Gasteiger partial charge on any atom is -0.342 e. The van der Waals surface area contributed by atoms with Gasteiger partial charge in [-0.15, -0.1) is 0 Å². The lowest BCUT2D eigenvalue weighted by molar-refractivity contribution is -0.134. The van der Waals surface area contributed by atoms with Gasteiger partial charge in [0.15, 0.2) is 0 Å². The lowest BCUT2D eigenvalue weighted by Gasteiger charge is -2.21. The molecule has 4 nitrogen and oxygen atoms in total. The lowest BCUT2D eigenvalue weighted by atomic mass is 10.2. The Kier molecular flexibility index (Phi) is 7.23. The first-order valence-corrected chi connectivity index (χ1v) is 7.69. The monoisotopic (exact) mass is 310 g/mol. The number of hydrogen-bond acceptors (Lipinski definition) is 2. The van der Waals surface area contributed by atoms with E-state index in [1.807, 2.05) is 26.8 Å². The second-order valence-corrected chi connectivity index (χ2v) is 5.50. The number of halogens is 1. The summed E-state index contributed by atoms with van der Waals surface area (Å²) in [6.07, 6.45) is 1.65. The van der Waals surface area contributed by atoms with E-state index in [9.17, 15) is 9.59 Å². The second kappa shape index (κ2) is 8.67. The molecule has 21 heavy (non-hydrogen) atoms. The van der Waals surface area contributed by atoms with E-state index < -0.39 is 0 Å². The van der Waals surface area contributed by atoms with Gasteiger partial charge in [-0.1, -0.05) is 31.5 Å². The van der Waals surface area contributed by atoms with E-state index in [0.717, 1.165) is 18.4 Å². The Bertz CT molecular complexity index is 497. The predicted octanol–water partition coefficient (Wildman–Crippen LogP) is 3.63. The van der Waals surface area contributed by atoms with Crippen LogP contribution in [-0.4, -0.2) is 29.8 Å². The van der Waals surface area contributed by atoms with Crippen molar-refractivity contribution in [1.82, 2.24) is 4.90 Å². The summed E-state index contributed by atoms with van der Waals surface area (Å²) in [5.41, 5.74) is 1.57. The van der Waals surface area contributed by atoms with E-state index >= 15 is 0 Å². The van der Waals surface area contributed by atoms with Crippen LogP contribution in [0.1, 0.15) is 38.7 Å². The topological polar surface area (TPSA) is 49.4 Å². The summed E-state index contributed by atoms with van der Waals surface area (Å²) in [5, 5.41) is 3.31. The fraction of sp³-hybridized carbons (Fsp3) is 0.500. The molecule has 1 rings (SSSR count). The van der Waals surface area contributed by atoms with Gasteiger partial charge in [-0.25, -0.2) is 0 Å². The largest absolute Gasteiger partial charge is 0.342 e. The fourth-order valence-corrected chi connectivity index (χ4v) is 2.25. The summed E-state index contributed by atoms with van der Waals surface area (Å²) >= 11 is 5.91. The van der Waals surface area contributed by atoms with Crippen molar-refractivity contribution in [1.29, 1.82) is 0 Å². The summed E-state index contributed by atoms with van der Waals surface area (Å²) < 4.78 is 0. The normalized spacial score (nSPS) is 10.3. The predicted molar refractivity (Wildman–Crippen MR) is 86.6 cm³/mol. The van der Waals surface area contributed by atoms with Crippen LogP contribution in [0.25, 0.3) is 0 Å². The highest BCUT2D eigenvalue weighted by Gasteiger charge is 2.16. The van der Waals surface area contributed by atoms with Gasteiger partial charge in [0.25, 0.3) is 0 Å². The summed E-state index contributed by atoms with van der Waals surface area (Å²) in [7, 11) is 0. The molecule has 1 aromatic carbocycles. The number of rotatable bonds is 7. The molecule has 0 aliphatic heterocycles. The molecule has 0 aromatic heterocycles. The molecule has 116 valence electrons. The molecule has 1 aromatic rings. The molecule has 0 fully saturated rings. The third kappa shape index (κ3) is 5.76. The SMILES string of the molecule is CCCN(CCC)C(=O)CC(=O)Nc1cc(Cl)ccc1C. The molecule has 5 heteroatoms. The quantitative estimate of drug-likeness (QED) is 0.782. The molecular formula is C16H23ClN2O2. The van der Waals surface area contributed by atoms with E-state index in [2.05, 4.69) is 5.32 Å². The Balaban J connectivity index is 2.63. The van der Waals surface area contributed by atoms with Gasteiger partial charge in [0.1, 0.15) is 6.42 Å². The number of benzene rings is 1. The standard InChI is InChI=1S/C16H23ClN2O2/c1-4-8-19(9-5-2)16(21)11-15(20)18-14-10-13(17)7-6-12(14)3/h6-7,10H,4-5,8-9,11H2,1-3H3,(H,18,20). The highest BCUT2D eigenvalue weighted by molar-refractivity contribution is 6.31. The first-order chi connectivity index (χ1) is 9.97. The third-order valence-corrected chi connectivity index (χ3v) is 3.36. The maximum atomic E-state index is 12.1. The Hall–Kier alpha value is -1.55. The number of carbonyl (C=O) groups is 2. The van der Waals surface area contributed by atoms with Crippen LogP contribution in [0.2, 0.25) is 5.02 Å². The van der Waals surface area contributed by atoms with Crippen LogP contribution >= 0.6 is 11.6 Å². The van der Waals surface area contributed by atoms with Crippen molar-refractivity contribution in [3.05, 3.63) is 28.8 Å². The number of amides is 2. The number of nitrogens with zero attached hydrogens (tertiary/aromatic N) is 1.